The van der Waals surface area contributed by atoms with Gasteiger partial charge in [-0.2, -0.15) is 0 Å². The largest absolute Gasteiger partial charge is 0.477 e. The molecule has 26 heavy (non-hydrogen) atoms. The van der Waals surface area contributed by atoms with Gasteiger partial charge in [0.1, 0.15) is 6.54 Å². The summed E-state index contributed by atoms with van der Waals surface area (Å²) in [5.74, 6) is 0.344. The molecule has 0 aromatic heterocycles. The molecule has 1 unspecified atom stereocenters. The highest BCUT2D eigenvalue weighted by Crippen LogP contribution is 2.21. The lowest BCUT2D eigenvalue weighted by atomic mass is 10.1. The summed E-state index contributed by atoms with van der Waals surface area (Å²) in [7, 11) is 0. The number of hydrogen-bond donors (Lipinski definition) is 2. The van der Waals surface area contributed by atoms with Crippen LogP contribution in [0.5, 0.6) is 0 Å². The van der Waals surface area contributed by atoms with Crippen molar-refractivity contribution in [3.63, 3.8) is 0 Å². The number of nitrogens with zero attached hydrogens (tertiary/aromatic N) is 2. The van der Waals surface area contributed by atoms with Crippen molar-refractivity contribution in [2.75, 3.05) is 32.8 Å². The van der Waals surface area contributed by atoms with Crippen molar-refractivity contribution < 1.29 is 19.5 Å². The minimum Gasteiger partial charge on any atom is -0.477 e. The van der Waals surface area contributed by atoms with Crippen LogP contribution in [-0.2, 0) is 4.79 Å². The van der Waals surface area contributed by atoms with Crippen LogP contribution in [0, 0.1) is 0 Å². The summed E-state index contributed by atoms with van der Waals surface area (Å²) in [5, 5.41) is 18.4. The molecular weight excluding hydrogens is 328 g/mol. The van der Waals surface area contributed by atoms with Crippen molar-refractivity contribution >= 4 is 11.8 Å². The van der Waals surface area contributed by atoms with Crippen molar-refractivity contribution in [3.8, 4) is 0 Å². The third kappa shape index (κ3) is 9.13. The SMILES string of the molecule is CCCCCCCCCCCCC1=NCC[N+]1(CCCCO)CC(=O)O. The first-order valence-electron chi connectivity index (χ1n) is 10.9. The first-order valence-corrected chi connectivity index (χ1v) is 10.9. The van der Waals surface area contributed by atoms with Crippen LogP contribution >= 0.6 is 0 Å². The molecule has 0 spiro atoms. The zero-order valence-corrected chi connectivity index (χ0v) is 16.9. The average Bonchev–Trinajstić information content (AvgIpc) is 2.98. The van der Waals surface area contributed by atoms with Gasteiger partial charge in [-0.1, -0.05) is 64.7 Å². The van der Waals surface area contributed by atoms with E-state index in [0.29, 0.717) is 4.48 Å². The van der Waals surface area contributed by atoms with Gasteiger partial charge >= 0.3 is 5.97 Å². The van der Waals surface area contributed by atoms with Crippen LogP contribution in [0.3, 0.4) is 0 Å². The second-order valence-corrected chi connectivity index (χ2v) is 7.80. The number of amidine groups is 1. The summed E-state index contributed by atoms with van der Waals surface area (Å²) in [6.45, 7) is 4.93. The molecule has 0 saturated heterocycles. The number of rotatable bonds is 17. The molecule has 2 N–H and O–H groups in total. The molecule has 1 aliphatic rings. The highest BCUT2D eigenvalue weighted by atomic mass is 16.4. The second-order valence-electron chi connectivity index (χ2n) is 7.80. The van der Waals surface area contributed by atoms with E-state index < -0.39 is 5.97 Å². The Hall–Kier alpha value is -0.940. The van der Waals surface area contributed by atoms with E-state index in [9.17, 15) is 9.90 Å². The monoisotopic (exact) mass is 369 g/mol. The average molecular weight is 370 g/mol. The lowest BCUT2D eigenvalue weighted by molar-refractivity contribution is -0.829. The first-order chi connectivity index (χ1) is 12.6. The van der Waals surface area contributed by atoms with E-state index in [1.54, 1.807) is 0 Å². The zero-order valence-electron chi connectivity index (χ0n) is 16.9. The molecule has 1 atom stereocenters. The van der Waals surface area contributed by atoms with E-state index in [2.05, 4.69) is 11.9 Å². The van der Waals surface area contributed by atoms with Gasteiger partial charge in [-0.25, -0.2) is 9.79 Å². The number of carboxylic acid groups (broad SMARTS) is 1. The Labute approximate surface area is 160 Å². The molecule has 1 rings (SSSR count). The molecule has 0 radical (unpaired) electrons. The van der Waals surface area contributed by atoms with E-state index in [4.69, 9.17) is 5.11 Å². The Balaban J connectivity index is 2.25. The number of aliphatic imine (C=N–C) groups is 1. The molecule has 0 amide bonds. The summed E-state index contributed by atoms with van der Waals surface area (Å²) in [4.78, 5) is 16.0. The lowest BCUT2D eigenvalue weighted by Crippen LogP contribution is -2.54. The van der Waals surface area contributed by atoms with Gasteiger partial charge in [-0.15, -0.1) is 0 Å². The maximum atomic E-state index is 11.4. The third-order valence-corrected chi connectivity index (χ3v) is 5.56. The normalized spacial score (nSPS) is 19.7. The van der Waals surface area contributed by atoms with E-state index in [1.807, 2.05) is 0 Å². The molecule has 0 aliphatic carbocycles. The molecule has 0 aromatic rings. The van der Waals surface area contributed by atoms with Crippen LogP contribution in [0.4, 0.5) is 0 Å². The fourth-order valence-electron chi connectivity index (χ4n) is 4.01. The molecule has 1 aliphatic heterocycles. The Morgan fingerprint density at radius 2 is 1.58 bits per heavy atom. The highest BCUT2D eigenvalue weighted by Gasteiger charge is 2.39. The fraction of sp³-hybridized carbons (Fsp3) is 0.905. The number of carbonyl (C=O) groups is 1. The third-order valence-electron chi connectivity index (χ3n) is 5.56. The van der Waals surface area contributed by atoms with E-state index in [1.165, 1.54) is 57.8 Å². The van der Waals surface area contributed by atoms with Crippen molar-refractivity contribution in [2.24, 2.45) is 4.99 Å². The maximum Gasteiger partial charge on any atom is 0.359 e. The predicted octanol–water partition coefficient (Wildman–Crippen LogP) is 4.38. The quantitative estimate of drug-likeness (QED) is 0.295. The van der Waals surface area contributed by atoms with Gasteiger partial charge < -0.3 is 10.2 Å². The highest BCUT2D eigenvalue weighted by molar-refractivity contribution is 5.80. The standard InChI is InChI=1S/C21H40N2O3/c1-2-3-4-5-6-7-8-9-10-11-14-20-22-15-17-23(20,19-21(25)26)16-12-13-18-24/h24H,2-19H2,1H3/p+1. The summed E-state index contributed by atoms with van der Waals surface area (Å²) < 4.78 is 0.521. The lowest BCUT2D eigenvalue weighted by Gasteiger charge is -2.33. The number of aliphatic hydroxyl groups is 1. The van der Waals surface area contributed by atoms with Crippen LogP contribution in [0.2, 0.25) is 0 Å². The van der Waals surface area contributed by atoms with Crippen molar-refractivity contribution in [1.82, 2.24) is 0 Å². The topological polar surface area (TPSA) is 69.9 Å². The molecular formula is C21H41N2O3+. The molecule has 0 saturated carbocycles. The van der Waals surface area contributed by atoms with Crippen molar-refractivity contribution in [3.05, 3.63) is 0 Å². The number of quaternary nitrogens is 1. The first kappa shape index (κ1) is 23.1. The summed E-state index contributed by atoms with van der Waals surface area (Å²) in [5.41, 5.74) is 0. The van der Waals surface area contributed by atoms with Crippen LogP contribution < -0.4 is 0 Å². The Bertz CT molecular complexity index is 412. The molecule has 5 nitrogen and oxygen atoms in total. The van der Waals surface area contributed by atoms with Gasteiger partial charge in [-0.3, -0.25) is 4.48 Å². The maximum absolute atomic E-state index is 11.4. The van der Waals surface area contributed by atoms with Crippen LogP contribution in [0.25, 0.3) is 0 Å². The van der Waals surface area contributed by atoms with E-state index in [-0.39, 0.29) is 13.2 Å². The van der Waals surface area contributed by atoms with Gasteiger partial charge in [0.05, 0.1) is 13.1 Å². The van der Waals surface area contributed by atoms with Gasteiger partial charge in [0.2, 0.25) is 0 Å². The number of aliphatic hydroxyl groups excluding tert-OH is 1. The smallest absolute Gasteiger partial charge is 0.359 e. The number of hydrogen-bond acceptors (Lipinski definition) is 3. The summed E-state index contributed by atoms with van der Waals surface area (Å²) in [6.07, 6.45) is 15.7. The Morgan fingerprint density at radius 1 is 0.962 bits per heavy atom. The van der Waals surface area contributed by atoms with Crippen LogP contribution in [-0.4, -0.2) is 59.3 Å². The Kier molecular flexibility index (Phi) is 12.6. The van der Waals surface area contributed by atoms with Crippen molar-refractivity contribution in [2.45, 2.75) is 90.4 Å². The minimum atomic E-state index is -0.744. The fourth-order valence-corrected chi connectivity index (χ4v) is 4.01. The predicted molar refractivity (Wildman–Crippen MR) is 108 cm³/mol. The number of carboxylic acids is 1. The van der Waals surface area contributed by atoms with Gasteiger partial charge in [0.25, 0.3) is 0 Å². The van der Waals surface area contributed by atoms with Crippen LogP contribution in [0.1, 0.15) is 90.4 Å². The summed E-state index contributed by atoms with van der Waals surface area (Å²) >= 11 is 0. The molecule has 1 heterocycles. The summed E-state index contributed by atoms with van der Waals surface area (Å²) in [6, 6.07) is 0. The van der Waals surface area contributed by atoms with Crippen LogP contribution in [0.15, 0.2) is 4.99 Å². The Morgan fingerprint density at radius 3 is 2.15 bits per heavy atom. The van der Waals surface area contributed by atoms with Crippen molar-refractivity contribution in [1.29, 1.82) is 0 Å². The molecule has 5 heteroatoms. The van der Waals surface area contributed by atoms with Gasteiger partial charge in [0.15, 0.2) is 12.4 Å². The molecule has 152 valence electrons. The van der Waals surface area contributed by atoms with Gasteiger partial charge in [-0.05, 0) is 19.3 Å². The second kappa shape index (κ2) is 14.2. The van der Waals surface area contributed by atoms with E-state index in [0.717, 1.165) is 51.2 Å². The molecule has 0 bridgehead atoms. The number of aliphatic carboxylic acids is 1. The van der Waals surface area contributed by atoms with Gasteiger partial charge in [0, 0.05) is 13.0 Å². The number of unbranched alkanes of at least 4 members (excludes halogenated alkanes) is 10. The zero-order chi connectivity index (χ0) is 19.1. The molecule has 0 aromatic carbocycles. The minimum absolute atomic E-state index is 0.141. The molecule has 0 fully saturated rings. The van der Waals surface area contributed by atoms with E-state index >= 15 is 0 Å².